The summed E-state index contributed by atoms with van der Waals surface area (Å²) in [5.41, 5.74) is 5.00. The molecule has 0 saturated carbocycles. The van der Waals surface area contributed by atoms with E-state index in [9.17, 15) is 0 Å². The van der Waals surface area contributed by atoms with Gasteiger partial charge in [0.25, 0.3) is 0 Å². The number of benzene rings is 2. The zero-order valence-corrected chi connectivity index (χ0v) is 17.5. The van der Waals surface area contributed by atoms with Crippen molar-refractivity contribution < 1.29 is 0 Å². The van der Waals surface area contributed by atoms with E-state index in [1.54, 1.807) is 0 Å². The second kappa shape index (κ2) is 12.1. The second-order valence-corrected chi connectivity index (χ2v) is 7.60. The molecule has 0 fully saturated rings. The van der Waals surface area contributed by atoms with E-state index >= 15 is 0 Å². The van der Waals surface area contributed by atoms with Crippen LogP contribution >= 0.6 is 0 Å². The third-order valence-corrected chi connectivity index (χ3v) is 4.77. The first-order valence-corrected chi connectivity index (χ1v) is 10.0. The Labute approximate surface area is 171 Å². The molecule has 0 spiro atoms. The lowest BCUT2D eigenvalue weighted by Crippen LogP contribution is -2.19. The van der Waals surface area contributed by atoms with Crippen LogP contribution in [-0.4, -0.2) is 37.0 Å². The Balaban J connectivity index is 1.63. The van der Waals surface area contributed by atoms with E-state index in [1.165, 1.54) is 11.1 Å². The Morgan fingerprint density at radius 2 is 1.04 bits per heavy atom. The van der Waals surface area contributed by atoms with Crippen molar-refractivity contribution in [3.8, 4) is 0 Å². The fourth-order valence-corrected chi connectivity index (χ4v) is 3.02. The SMILES string of the molecule is C=C(C=CC(=C)CCN(C)Cc1ccccc1)CCN(C)Cc1ccccc1. The smallest absolute Gasteiger partial charge is 0.0230 e. The van der Waals surface area contributed by atoms with Crippen LogP contribution in [0, 0.1) is 0 Å². The summed E-state index contributed by atoms with van der Waals surface area (Å²) in [6.07, 6.45) is 6.19. The van der Waals surface area contributed by atoms with Crippen LogP contribution in [0.2, 0.25) is 0 Å². The van der Waals surface area contributed by atoms with Crippen molar-refractivity contribution in [2.24, 2.45) is 0 Å². The second-order valence-electron chi connectivity index (χ2n) is 7.60. The van der Waals surface area contributed by atoms with Crippen molar-refractivity contribution in [3.05, 3.63) is 108 Å². The first kappa shape index (κ1) is 21.9. The van der Waals surface area contributed by atoms with Gasteiger partial charge in [-0.3, -0.25) is 0 Å². The standard InChI is InChI=1S/C26H34N2/c1-23(17-19-27(3)21-25-11-7-5-8-12-25)15-16-24(2)18-20-28(4)22-26-13-9-6-10-14-26/h5-16H,1-2,17-22H2,3-4H3. The van der Waals surface area contributed by atoms with E-state index in [1.807, 2.05) is 0 Å². The fourth-order valence-electron chi connectivity index (χ4n) is 3.02. The van der Waals surface area contributed by atoms with Crippen molar-refractivity contribution in [1.29, 1.82) is 0 Å². The first-order valence-electron chi connectivity index (χ1n) is 10.0. The van der Waals surface area contributed by atoms with Gasteiger partial charge in [0.1, 0.15) is 0 Å². The maximum absolute atomic E-state index is 4.19. The van der Waals surface area contributed by atoms with Gasteiger partial charge >= 0.3 is 0 Å². The summed E-state index contributed by atoms with van der Waals surface area (Å²) >= 11 is 0. The molecule has 2 aromatic rings. The Hall–Kier alpha value is -2.42. The van der Waals surface area contributed by atoms with Crippen molar-refractivity contribution in [1.82, 2.24) is 9.80 Å². The van der Waals surface area contributed by atoms with Crippen LogP contribution in [0.5, 0.6) is 0 Å². The number of nitrogens with zero attached hydrogens (tertiary/aromatic N) is 2. The molecule has 0 saturated heterocycles. The molecule has 2 nitrogen and oxygen atoms in total. The van der Waals surface area contributed by atoms with Gasteiger partial charge in [-0.25, -0.2) is 0 Å². The molecule has 0 bridgehead atoms. The predicted molar refractivity (Wildman–Crippen MR) is 122 cm³/mol. The molecule has 0 unspecified atom stereocenters. The van der Waals surface area contributed by atoms with Gasteiger partial charge in [0.2, 0.25) is 0 Å². The van der Waals surface area contributed by atoms with Gasteiger partial charge in [0.15, 0.2) is 0 Å². The highest BCUT2D eigenvalue weighted by Gasteiger charge is 2.02. The third-order valence-electron chi connectivity index (χ3n) is 4.77. The lowest BCUT2D eigenvalue weighted by molar-refractivity contribution is 0.331. The molecule has 2 aromatic carbocycles. The minimum absolute atomic E-state index is 0.971. The van der Waals surface area contributed by atoms with E-state index in [2.05, 4.69) is 110 Å². The molecule has 0 radical (unpaired) electrons. The molecule has 2 heteroatoms. The molecule has 28 heavy (non-hydrogen) atoms. The lowest BCUT2D eigenvalue weighted by atomic mass is 10.1. The third kappa shape index (κ3) is 8.98. The molecular weight excluding hydrogens is 340 g/mol. The number of hydrogen-bond donors (Lipinski definition) is 0. The van der Waals surface area contributed by atoms with Gasteiger partial charge in [-0.2, -0.15) is 0 Å². The molecule has 0 heterocycles. The molecule has 0 aliphatic carbocycles. The molecule has 0 aliphatic rings. The maximum atomic E-state index is 4.19. The highest BCUT2D eigenvalue weighted by atomic mass is 15.1. The Bertz CT molecular complexity index is 681. The van der Waals surface area contributed by atoms with Gasteiger partial charge in [-0.05, 0) is 38.1 Å². The summed E-state index contributed by atoms with van der Waals surface area (Å²) in [6, 6.07) is 21.2. The van der Waals surface area contributed by atoms with Gasteiger partial charge in [-0.15, -0.1) is 0 Å². The van der Waals surface area contributed by atoms with Gasteiger partial charge in [0.05, 0.1) is 0 Å². The fraction of sp³-hybridized carbons (Fsp3) is 0.308. The number of hydrogen-bond acceptors (Lipinski definition) is 2. The summed E-state index contributed by atoms with van der Waals surface area (Å²) in [6.45, 7) is 12.3. The molecule has 2 rings (SSSR count). The minimum atomic E-state index is 0.971. The van der Waals surface area contributed by atoms with Crippen LogP contribution in [0.4, 0.5) is 0 Å². The largest absolute Gasteiger partial charge is 0.302 e. The van der Waals surface area contributed by atoms with Crippen LogP contribution < -0.4 is 0 Å². The quantitative estimate of drug-likeness (QED) is 0.440. The van der Waals surface area contributed by atoms with Crippen molar-refractivity contribution >= 4 is 0 Å². The number of allylic oxidation sites excluding steroid dienone is 2. The zero-order valence-electron chi connectivity index (χ0n) is 17.5. The normalized spacial score (nSPS) is 11.4. The molecule has 0 N–H and O–H groups in total. The summed E-state index contributed by atoms with van der Waals surface area (Å²) < 4.78 is 0. The molecule has 0 aromatic heterocycles. The highest BCUT2D eigenvalue weighted by Crippen LogP contribution is 2.10. The van der Waals surface area contributed by atoms with Crippen molar-refractivity contribution in [2.45, 2.75) is 25.9 Å². The van der Waals surface area contributed by atoms with Crippen LogP contribution in [-0.2, 0) is 13.1 Å². The van der Waals surface area contributed by atoms with Crippen molar-refractivity contribution in [2.75, 3.05) is 27.2 Å². The van der Waals surface area contributed by atoms with E-state index in [-0.39, 0.29) is 0 Å². The van der Waals surface area contributed by atoms with E-state index in [4.69, 9.17) is 0 Å². The maximum Gasteiger partial charge on any atom is 0.0230 e. The van der Waals surface area contributed by atoms with Crippen LogP contribution in [0.15, 0.2) is 97.1 Å². The Morgan fingerprint density at radius 3 is 1.39 bits per heavy atom. The molecular formula is C26H34N2. The lowest BCUT2D eigenvalue weighted by Gasteiger charge is -2.17. The first-order chi connectivity index (χ1) is 13.5. The molecule has 0 aliphatic heterocycles. The Kier molecular flexibility index (Phi) is 9.47. The van der Waals surface area contributed by atoms with Crippen molar-refractivity contribution in [3.63, 3.8) is 0 Å². The molecule has 0 atom stereocenters. The summed E-state index contributed by atoms with van der Waals surface area (Å²) in [7, 11) is 4.32. The van der Waals surface area contributed by atoms with Crippen LogP contribution in [0.25, 0.3) is 0 Å². The highest BCUT2D eigenvalue weighted by molar-refractivity contribution is 5.24. The molecule has 148 valence electrons. The van der Waals surface area contributed by atoms with Gasteiger partial charge < -0.3 is 9.80 Å². The number of rotatable bonds is 12. The molecule has 0 amide bonds. The van der Waals surface area contributed by atoms with Gasteiger partial charge in [-0.1, -0.05) is 97.1 Å². The average molecular weight is 375 g/mol. The summed E-state index contributed by atoms with van der Waals surface area (Å²) in [5, 5.41) is 0. The van der Waals surface area contributed by atoms with E-state index in [0.29, 0.717) is 0 Å². The topological polar surface area (TPSA) is 6.48 Å². The predicted octanol–water partition coefficient (Wildman–Crippen LogP) is 5.70. The summed E-state index contributed by atoms with van der Waals surface area (Å²) in [4.78, 5) is 4.67. The zero-order chi connectivity index (χ0) is 20.2. The minimum Gasteiger partial charge on any atom is -0.302 e. The average Bonchev–Trinajstić information content (AvgIpc) is 2.70. The van der Waals surface area contributed by atoms with Crippen LogP contribution in [0.3, 0.4) is 0 Å². The Morgan fingerprint density at radius 1 is 0.679 bits per heavy atom. The summed E-state index contributed by atoms with van der Waals surface area (Å²) in [5.74, 6) is 0. The monoisotopic (exact) mass is 374 g/mol. The van der Waals surface area contributed by atoms with Gasteiger partial charge in [0, 0.05) is 26.2 Å². The van der Waals surface area contributed by atoms with Crippen LogP contribution in [0.1, 0.15) is 24.0 Å². The van der Waals surface area contributed by atoms with E-state index in [0.717, 1.165) is 50.2 Å². The van der Waals surface area contributed by atoms with E-state index < -0.39 is 0 Å².